The Bertz CT molecular complexity index is 970. The Hall–Kier alpha value is -2.89. The number of aromatic nitrogens is 4. The summed E-state index contributed by atoms with van der Waals surface area (Å²) in [5.41, 5.74) is 3.13. The number of phenols is 1. The molecule has 2 fully saturated rings. The first kappa shape index (κ1) is 17.2. The van der Waals surface area contributed by atoms with Crippen molar-refractivity contribution in [3.05, 3.63) is 48.3 Å². The van der Waals surface area contributed by atoms with Crippen LogP contribution in [0.15, 0.2) is 42.7 Å². The van der Waals surface area contributed by atoms with Gasteiger partial charge in [0.1, 0.15) is 11.9 Å². The topological polar surface area (TPSA) is 73.1 Å². The summed E-state index contributed by atoms with van der Waals surface area (Å²) in [6, 6.07) is 9.14. The molecule has 3 aromatic rings. The van der Waals surface area contributed by atoms with Gasteiger partial charge in [0.15, 0.2) is 0 Å². The van der Waals surface area contributed by atoms with Crippen molar-refractivity contribution >= 4 is 0 Å². The van der Waals surface area contributed by atoms with Crippen LogP contribution in [0.3, 0.4) is 0 Å². The van der Waals surface area contributed by atoms with Crippen LogP contribution in [-0.2, 0) is 0 Å². The molecule has 0 unspecified atom stereocenters. The highest BCUT2D eigenvalue weighted by molar-refractivity contribution is 5.68. The van der Waals surface area contributed by atoms with E-state index in [4.69, 9.17) is 4.74 Å². The zero-order valence-corrected chi connectivity index (χ0v) is 16.0. The zero-order valence-electron chi connectivity index (χ0n) is 16.0. The van der Waals surface area contributed by atoms with Gasteiger partial charge in [0.25, 0.3) is 0 Å². The number of aryl methyl sites for hydroxylation is 1. The molecular weight excluding hydrogens is 352 g/mol. The average molecular weight is 376 g/mol. The molecule has 0 aliphatic heterocycles. The van der Waals surface area contributed by atoms with Crippen LogP contribution in [0.4, 0.5) is 0 Å². The van der Waals surface area contributed by atoms with E-state index in [1.165, 1.54) is 19.3 Å². The summed E-state index contributed by atoms with van der Waals surface area (Å²) in [4.78, 5) is 0. The highest BCUT2D eigenvalue weighted by Crippen LogP contribution is 2.43. The molecule has 2 saturated carbocycles. The van der Waals surface area contributed by atoms with Gasteiger partial charge in [0.2, 0.25) is 5.88 Å². The van der Waals surface area contributed by atoms with Crippen molar-refractivity contribution in [3.63, 3.8) is 0 Å². The second-order valence-electron chi connectivity index (χ2n) is 8.18. The summed E-state index contributed by atoms with van der Waals surface area (Å²) in [6.45, 7) is 1.98. The first-order valence-electron chi connectivity index (χ1n) is 9.99. The molecule has 0 amide bonds. The standard InChI is InChI=1S/C22H24N4O2/c1-14-12-23-26(13-14)17-4-5-19(21(27)11-17)20-6-7-22(25-24-20)28-18-9-15-2-3-16(8-15)10-18/h4-7,11-13,15-16,18,27H,2-3,8-10H2,1H3/t15-,16+,18+. The zero-order chi connectivity index (χ0) is 19.1. The summed E-state index contributed by atoms with van der Waals surface area (Å²) in [5, 5.41) is 23.3. The molecule has 6 heteroatoms. The van der Waals surface area contributed by atoms with Crippen LogP contribution in [0, 0.1) is 18.8 Å². The summed E-state index contributed by atoms with van der Waals surface area (Å²) in [6.07, 6.45) is 10.3. The third-order valence-electron chi connectivity index (χ3n) is 6.00. The van der Waals surface area contributed by atoms with Gasteiger partial charge in [-0.1, -0.05) is 12.8 Å². The smallest absolute Gasteiger partial charge is 0.233 e. The number of phenolic OH excluding ortho intramolecular Hbond substituents is 1. The predicted molar refractivity (Wildman–Crippen MR) is 105 cm³/mol. The third kappa shape index (κ3) is 3.35. The van der Waals surface area contributed by atoms with E-state index in [1.807, 2.05) is 37.4 Å². The number of ether oxygens (including phenoxy) is 1. The fourth-order valence-electron chi connectivity index (χ4n) is 4.67. The minimum atomic E-state index is 0.150. The Balaban J connectivity index is 1.31. The molecule has 2 aliphatic rings. The molecular formula is C22H24N4O2. The van der Waals surface area contributed by atoms with Crippen molar-refractivity contribution in [2.75, 3.05) is 0 Å². The lowest BCUT2D eigenvalue weighted by atomic mass is 9.87. The van der Waals surface area contributed by atoms with Gasteiger partial charge in [0, 0.05) is 23.9 Å². The highest BCUT2D eigenvalue weighted by atomic mass is 16.5. The fraction of sp³-hybridized carbons (Fsp3) is 0.409. The Morgan fingerprint density at radius 2 is 1.86 bits per heavy atom. The van der Waals surface area contributed by atoms with E-state index in [-0.39, 0.29) is 11.9 Å². The Morgan fingerprint density at radius 3 is 2.50 bits per heavy atom. The normalized spacial score (nSPS) is 23.7. The van der Waals surface area contributed by atoms with Crippen LogP contribution in [0.2, 0.25) is 0 Å². The summed E-state index contributed by atoms with van der Waals surface area (Å²) >= 11 is 0. The monoisotopic (exact) mass is 376 g/mol. The van der Waals surface area contributed by atoms with Gasteiger partial charge >= 0.3 is 0 Å². The Morgan fingerprint density at radius 1 is 1.04 bits per heavy atom. The summed E-state index contributed by atoms with van der Waals surface area (Å²) in [7, 11) is 0. The van der Waals surface area contributed by atoms with Crippen LogP contribution in [0.1, 0.15) is 37.7 Å². The summed E-state index contributed by atoms with van der Waals surface area (Å²) in [5.74, 6) is 2.37. The van der Waals surface area contributed by atoms with Crippen LogP contribution in [0.5, 0.6) is 11.6 Å². The molecule has 28 heavy (non-hydrogen) atoms. The number of benzene rings is 1. The Labute approximate surface area is 164 Å². The lowest BCUT2D eigenvalue weighted by molar-refractivity contribution is 0.113. The predicted octanol–water partition coefficient (Wildman–Crippen LogP) is 4.30. The third-order valence-corrected chi connectivity index (χ3v) is 6.00. The molecule has 6 nitrogen and oxygen atoms in total. The van der Waals surface area contributed by atoms with Gasteiger partial charge in [-0.15, -0.1) is 10.2 Å². The molecule has 144 valence electrons. The second-order valence-corrected chi connectivity index (χ2v) is 8.18. The second kappa shape index (κ2) is 6.93. The maximum absolute atomic E-state index is 10.5. The quantitative estimate of drug-likeness (QED) is 0.735. The van der Waals surface area contributed by atoms with Gasteiger partial charge in [-0.25, -0.2) is 4.68 Å². The maximum atomic E-state index is 10.5. The number of nitrogens with zero attached hydrogens (tertiary/aromatic N) is 4. The van der Waals surface area contributed by atoms with Crippen LogP contribution >= 0.6 is 0 Å². The van der Waals surface area contributed by atoms with E-state index in [2.05, 4.69) is 15.3 Å². The molecule has 5 rings (SSSR count). The van der Waals surface area contributed by atoms with Gasteiger partial charge in [-0.3, -0.25) is 0 Å². The molecule has 0 spiro atoms. The van der Waals surface area contributed by atoms with Gasteiger partial charge in [0.05, 0.1) is 17.6 Å². The van der Waals surface area contributed by atoms with E-state index in [0.29, 0.717) is 17.1 Å². The first-order valence-corrected chi connectivity index (χ1v) is 9.99. The molecule has 0 saturated heterocycles. The molecule has 2 aromatic heterocycles. The van der Waals surface area contributed by atoms with E-state index in [1.54, 1.807) is 16.9 Å². The molecule has 1 N–H and O–H groups in total. The van der Waals surface area contributed by atoms with E-state index in [0.717, 1.165) is 35.9 Å². The van der Waals surface area contributed by atoms with Crippen molar-refractivity contribution in [2.24, 2.45) is 11.8 Å². The molecule has 2 heterocycles. The Kier molecular flexibility index (Phi) is 4.26. The minimum absolute atomic E-state index is 0.150. The number of hydrogen-bond donors (Lipinski definition) is 1. The molecule has 1 aromatic carbocycles. The average Bonchev–Trinajstić information content (AvgIpc) is 3.27. The van der Waals surface area contributed by atoms with E-state index in [9.17, 15) is 5.11 Å². The van der Waals surface area contributed by atoms with E-state index < -0.39 is 0 Å². The van der Waals surface area contributed by atoms with Crippen molar-refractivity contribution in [3.8, 4) is 28.6 Å². The maximum Gasteiger partial charge on any atom is 0.233 e. The van der Waals surface area contributed by atoms with Crippen molar-refractivity contribution in [1.82, 2.24) is 20.0 Å². The molecule has 2 bridgehead atoms. The molecule has 2 aliphatic carbocycles. The van der Waals surface area contributed by atoms with E-state index >= 15 is 0 Å². The van der Waals surface area contributed by atoms with Crippen molar-refractivity contribution in [1.29, 1.82) is 0 Å². The lowest BCUT2D eigenvalue weighted by Gasteiger charge is -2.27. The van der Waals surface area contributed by atoms with Crippen molar-refractivity contribution < 1.29 is 9.84 Å². The SMILES string of the molecule is Cc1cnn(-c2ccc(-c3ccc(O[C@H]4C[C@@H]5CC[C@@H](C5)C4)nn3)c(O)c2)c1. The van der Waals surface area contributed by atoms with Gasteiger partial charge in [-0.2, -0.15) is 5.10 Å². The number of aromatic hydroxyl groups is 1. The van der Waals surface area contributed by atoms with Crippen LogP contribution in [0.25, 0.3) is 16.9 Å². The number of hydrogen-bond acceptors (Lipinski definition) is 5. The van der Waals surface area contributed by atoms with Crippen LogP contribution in [-0.4, -0.2) is 31.2 Å². The first-order chi connectivity index (χ1) is 13.6. The number of fused-ring (bicyclic) bond motifs is 2. The summed E-state index contributed by atoms with van der Waals surface area (Å²) < 4.78 is 7.82. The lowest BCUT2D eigenvalue weighted by Crippen LogP contribution is -2.26. The molecule has 3 atom stereocenters. The van der Waals surface area contributed by atoms with Gasteiger partial charge < -0.3 is 9.84 Å². The van der Waals surface area contributed by atoms with Crippen molar-refractivity contribution in [2.45, 2.75) is 45.1 Å². The van der Waals surface area contributed by atoms with Crippen LogP contribution < -0.4 is 4.74 Å². The molecule has 0 radical (unpaired) electrons. The fourth-order valence-corrected chi connectivity index (χ4v) is 4.67. The minimum Gasteiger partial charge on any atom is -0.507 e. The highest BCUT2D eigenvalue weighted by Gasteiger charge is 2.35. The van der Waals surface area contributed by atoms with Gasteiger partial charge in [-0.05, 0) is 61.8 Å². The number of rotatable bonds is 4. The largest absolute Gasteiger partial charge is 0.507 e.